The predicted molar refractivity (Wildman–Crippen MR) is 83.2 cm³/mol. The minimum absolute atomic E-state index is 0.112. The van der Waals surface area contributed by atoms with Crippen molar-refractivity contribution in [2.45, 2.75) is 19.6 Å². The normalized spacial score (nSPS) is 12.2. The van der Waals surface area contributed by atoms with Gasteiger partial charge in [0.2, 0.25) is 0 Å². The Morgan fingerprint density at radius 2 is 1.80 bits per heavy atom. The van der Waals surface area contributed by atoms with E-state index in [0.717, 1.165) is 4.47 Å². The van der Waals surface area contributed by atoms with Crippen LogP contribution >= 0.6 is 31.9 Å². The molecule has 0 fully saturated rings. The van der Waals surface area contributed by atoms with Gasteiger partial charge in [-0.05, 0) is 37.3 Å². The molecule has 2 nitrogen and oxygen atoms in total. The van der Waals surface area contributed by atoms with Gasteiger partial charge < -0.3 is 9.84 Å². The van der Waals surface area contributed by atoms with Gasteiger partial charge >= 0.3 is 0 Å². The van der Waals surface area contributed by atoms with Crippen molar-refractivity contribution in [2.24, 2.45) is 0 Å². The number of rotatable bonds is 4. The number of halogens is 3. The maximum absolute atomic E-state index is 13.7. The summed E-state index contributed by atoms with van der Waals surface area (Å²) >= 11 is 6.56. The SMILES string of the molecule is C[C@H](O)c1cc(Br)ccc1OCc1ccc(Br)cc1F. The summed E-state index contributed by atoms with van der Waals surface area (Å²) in [7, 11) is 0. The Hall–Kier alpha value is -0.910. The van der Waals surface area contributed by atoms with Crippen molar-refractivity contribution in [1.82, 2.24) is 0 Å². The minimum atomic E-state index is -0.655. The maximum Gasteiger partial charge on any atom is 0.130 e. The van der Waals surface area contributed by atoms with Crippen LogP contribution < -0.4 is 4.74 Å². The molecule has 0 saturated carbocycles. The number of aliphatic hydroxyl groups excluding tert-OH is 1. The fourth-order valence-electron chi connectivity index (χ4n) is 1.77. The van der Waals surface area contributed by atoms with Gasteiger partial charge in [-0.15, -0.1) is 0 Å². The fraction of sp³-hybridized carbons (Fsp3) is 0.200. The fourth-order valence-corrected chi connectivity index (χ4v) is 2.48. The number of benzene rings is 2. The molecule has 0 aliphatic rings. The van der Waals surface area contributed by atoms with Gasteiger partial charge in [-0.1, -0.05) is 37.9 Å². The molecular formula is C15H13Br2FO2. The van der Waals surface area contributed by atoms with Gasteiger partial charge in [0.15, 0.2) is 0 Å². The second-order valence-corrected chi connectivity index (χ2v) is 6.21. The van der Waals surface area contributed by atoms with Crippen molar-refractivity contribution in [3.63, 3.8) is 0 Å². The van der Waals surface area contributed by atoms with E-state index in [1.54, 1.807) is 31.2 Å². The van der Waals surface area contributed by atoms with Gasteiger partial charge in [0.05, 0.1) is 6.10 Å². The molecule has 1 N–H and O–H groups in total. The summed E-state index contributed by atoms with van der Waals surface area (Å²) in [5.41, 5.74) is 1.13. The van der Waals surface area contributed by atoms with E-state index >= 15 is 0 Å². The van der Waals surface area contributed by atoms with Crippen molar-refractivity contribution in [1.29, 1.82) is 0 Å². The Morgan fingerprint density at radius 1 is 1.15 bits per heavy atom. The number of ether oxygens (including phenoxy) is 1. The molecule has 0 aliphatic carbocycles. The van der Waals surface area contributed by atoms with Gasteiger partial charge in [0.1, 0.15) is 18.2 Å². The van der Waals surface area contributed by atoms with Crippen LogP contribution in [-0.4, -0.2) is 5.11 Å². The molecule has 0 radical (unpaired) electrons. The van der Waals surface area contributed by atoms with Crippen LogP contribution in [-0.2, 0) is 6.61 Å². The summed E-state index contributed by atoms with van der Waals surface area (Å²) in [6, 6.07) is 10.2. The monoisotopic (exact) mass is 402 g/mol. The van der Waals surface area contributed by atoms with Gasteiger partial charge in [-0.2, -0.15) is 0 Å². The molecule has 0 heterocycles. The van der Waals surface area contributed by atoms with Crippen LogP contribution in [0.2, 0.25) is 0 Å². The molecule has 2 aromatic carbocycles. The summed E-state index contributed by atoms with van der Waals surface area (Å²) in [4.78, 5) is 0. The molecule has 0 bridgehead atoms. The third-order valence-corrected chi connectivity index (χ3v) is 3.81. The van der Waals surface area contributed by atoms with E-state index < -0.39 is 6.10 Å². The summed E-state index contributed by atoms with van der Waals surface area (Å²) in [5, 5.41) is 9.74. The Morgan fingerprint density at radius 3 is 2.45 bits per heavy atom. The first-order valence-corrected chi connectivity index (χ1v) is 7.60. The average molecular weight is 404 g/mol. The second kappa shape index (κ2) is 6.70. The average Bonchev–Trinajstić information content (AvgIpc) is 2.38. The van der Waals surface area contributed by atoms with Crippen molar-refractivity contribution in [2.75, 3.05) is 0 Å². The molecular weight excluding hydrogens is 391 g/mol. The van der Waals surface area contributed by atoms with Crippen molar-refractivity contribution >= 4 is 31.9 Å². The highest BCUT2D eigenvalue weighted by Gasteiger charge is 2.11. The number of hydrogen-bond acceptors (Lipinski definition) is 2. The summed E-state index contributed by atoms with van der Waals surface area (Å²) < 4.78 is 20.9. The number of hydrogen-bond donors (Lipinski definition) is 1. The quantitative estimate of drug-likeness (QED) is 0.779. The zero-order chi connectivity index (χ0) is 14.7. The van der Waals surface area contributed by atoms with E-state index in [9.17, 15) is 9.50 Å². The standard InChI is InChI=1S/C15H13Br2FO2/c1-9(19)13-6-11(16)4-5-15(13)20-8-10-2-3-12(17)7-14(10)18/h2-7,9,19H,8H2,1H3/t9-/m0/s1. The van der Waals surface area contributed by atoms with E-state index in [1.165, 1.54) is 6.07 Å². The highest BCUT2D eigenvalue weighted by molar-refractivity contribution is 9.10. The molecule has 20 heavy (non-hydrogen) atoms. The molecule has 0 aliphatic heterocycles. The second-order valence-electron chi connectivity index (χ2n) is 4.38. The van der Waals surface area contributed by atoms with Gasteiger partial charge in [-0.3, -0.25) is 0 Å². The lowest BCUT2D eigenvalue weighted by Crippen LogP contribution is -2.02. The van der Waals surface area contributed by atoms with Gasteiger partial charge in [0, 0.05) is 20.1 Å². The first-order valence-electron chi connectivity index (χ1n) is 6.01. The smallest absolute Gasteiger partial charge is 0.130 e. The van der Waals surface area contributed by atoms with E-state index in [4.69, 9.17) is 4.74 Å². The zero-order valence-electron chi connectivity index (χ0n) is 10.7. The van der Waals surface area contributed by atoms with Crippen molar-refractivity contribution in [3.05, 3.63) is 62.3 Å². The topological polar surface area (TPSA) is 29.5 Å². The summed E-state index contributed by atoms with van der Waals surface area (Å²) in [5.74, 6) is 0.223. The molecule has 0 aromatic heterocycles. The zero-order valence-corrected chi connectivity index (χ0v) is 13.9. The third-order valence-electron chi connectivity index (χ3n) is 2.82. The molecule has 2 rings (SSSR count). The molecule has 0 unspecified atom stereocenters. The lowest BCUT2D eigenvalue weighted by Gasteiger charge is -2.14. The minimum Gasteiger partial charge on any atom is -0.488 e. The van der Waals surface area contributed by atoms with Crippen LogP contribution in [0, 0.1) is 5.82 Å². The maximum atomic E-state index is 13.7. The molecule has 0 spiro atoms. The lowest BCUT2D eigenvalue weighted by atomic mass is 10.1. The van der Waals surface area contributed by atoms with Crippen LogP contribution in [0.3, 0.4) is 0 Å². The Bertz CT molecular complexity index is 615. The van der Waals surface area contributed by atoms with E-state index in [1.807, 2.05) is 6.07 Å². The van der Waals surface area contributed by atoms with E-state index in [-0.39, 0.29) is 12.4 Å². The van der Waals surface area contributed by atoms with Crippen molar-refractivity contribution in [3.8, 4) is 5.75 Å². The van der Waals surface area contributed by atoms with E-state index in [0.29, 0.717) is 21.3 Å². The molecule has 5 heteroatoms. The number of aliphatic hydroxyl groups is 1. The molecule has 106 valence electrons. The first kappa shape index (κ1) is 15.5. The van der Waals surface area contributed by atoms with Crippen LogP contribution in [0.25, 0.3) is 0 Å². The Balaban J connectivity index is 2.18. The van der Waals surface area contributed by atoms with Crippen molar-refractivity contribution < 1.29 is 14.2 Å². The highest BCUT2D eigenvalue weighted by Crippen LogP contribution is 2.29. The van der Waals surface area contributed by atoms with Crippen LogP contribution in [0.15, 0.2) is 45.3 Å². The van der Waals surface area contributed by atoms with Gasteiger partial charge in [-0.25, -0.2) is 4.39 Å². The molecule has 0 saturated heterocycles. The third kappa shape index (κ3) is 3.81. The first-order chi connectivity index (χ1) is 9.47. The molecule has 2 aromatic rings. The van der Waals surface area contributed by atoms with Crippen LogP contribution in [0.1, 0.15) is 24.2 Å². The van der Waals surface area contributed by atoms with Gasteiger partial charge in [0.25, 0.3) is 0 Å². The Kier molecular flexibility index (Phi) is 5.18. The summed E-state index contributed by atoms with van der Waals surface area (Å²) in [6.45, 7) is 1.77. The highest BCUT2D eigenvalue weighted by atomic mass is 79.9. The van der Waals surface area contributed by atoms with Crippen LogP contribution in [0.5, 0.6) is 5.75 Å². The van der Waals surface area contributed by atoms with Crippen LogP contribution in [0.4, 0.5) is 4.39 Å². The lowest BCUT2D eigenvalue weighted by molar-refractivity contribution is 0.189. The largest absolute Gasteiger partial charge is 0.488 e. The molecule has 1 atom stereocenters. The molecule has 0 amide bonds. The Labute approximate surface area is 133 Å². The van der Waals surface area contributed by atoms with E-state index in [2.05, 4.69) is 31.9 Å². The summed E-state index contributed by atoms with van der Waals surface area (Å²) in [6.07, 6.45) is -0.655. The predicted octanol–water partition coefficient (Wildman–Crippen LogP) is 4.98.